The first-order valence-corrected chi connectivity index (χ1v) is 6.30. The number of rotatable bonds is 4. The second-order valence-electron chi connectivity index (χ2n) is 5.75. The molecule has 0 fully saturated rings. The molecule has 4 nitrogen and oxygen atoms in total. The molecule has 0 bridgehead atoms. The van der Waals surface area contributed by atoms with E-state index in [-0.39, 0.29) is 17.9 Å². The summed E-state index contributed by atoms with van der Waals surface area (Å²) in [4.78, 5) is 23.3. The lowest BCUT2D eigenvalue weighted by Crippen LogP contribution is -2.41. The van der Waals surface area contributed by atoms with Crippen molar-refractivity contribution in [2.24, 2.45) is 0 Å². The first kappa shape index (κ1) is 15.2. The van der Waals surface area contributed by atoms with Gasteiger partial charge in [0.25, 0.3) is 0 Å². The number of hydrogen-bond donors (Lipinski definition) is 2. The van der Waals surface area contributed by atoms with Crippen LogP contribution in [0, 0.1) is 6.92 Å². The van der Waals surface area contributed by atoms with Crippen LogP contribution in [0.2, 0.25) is 0 Å². The summed E-state index contributed by atoms with van der Waals surface area (Å²) in [5.41, 5.74) is 1.23. The van der Waals surface area contributed by atoms with Gasteiger partial charge in [-0.3, -0.25) is 9.59 Å². The minimum Gasteiger partial charge on any atom is -0.481 e. The molecule has 0 saturated carbocycles. The van der Waals surface area contributed by atoms with Gasteiger partial charge in [-0.2, -0.15) is 0 Å². The van der Waals surface area contributed by atoms with Crippen LogP contribution in [0.1, 0.15) is 44.2 Å². The summed E-state index contributed by atoms with van der Waals surface area (Å²) < 4.78 is 0. The van der Waals surface area contributed by atoms with Gasteiger partial charge in [0.15, 0.2) is 0 Å². The zero-order valence-electron chi connectivity index (χ0n) is 11.9. The molecule has 1 amide bonds. The molecule has 0 aliphatic rings. The van der Waals surface area contributed by atoms with Crippen molar-refractivity contribution >= 4 is 11.9 Å². The lowest BCUT2D eigenvalue weighted by Gasteiger charge is -2.22. The smallest absolute Gasteiger partial charge is 0.311 e. The number of benzene rings is 1. The van der Waals surface area contributed by atoms with Crippen molar-refractivity contribution in [1.82, 2.24) is 5.32 Å². The van der Waals surface area contributed by atoms with Gasteiger partial charge in [-0.05, 0) is 38.8 Å². The molecule has 104 valence electrons. The van der Waals surface area contributed by atoms with Gasteiger partial charge in [-0.25, -0.2) is 0 Å². The van der Waals surface area contributed by atoms with Crippen LogP contribution in [0.25, 0.3) is 0 Å². The van der Waals surface area contributed by atoms with Crippen LogP contribution < -0.4 is 5.32 Å². The van der Waals surface area contributed by atoms with Crippen LogP contribution in [-0.2, 0) is 9.59 Å². The summed E-state index contributed by atoms with van der Waals surface area (Å²) in [5.74, 6) is -2.02. The zero-order valence-corrected chi connectivity index (χ0v) is 11.9. The maximum absolute atomic E-state index is 11.9. The predicted molar refractivity (Wildman–Crippen MR) is 74.1 cm³/mol. The summed E-state index contributed by atoms with van der Waals surface area (Å²) in [6, 6.07) is 7.26. The third-order valence-corrected chi connectivity index (χ3v) is 2.77. The number of amides is 1. The number of aliphatic carboxylic acids is 1. The number of carboxylic acids is 1. The Morgan fingerprint density at radius 2 is 1.84 bits per heavy atom. The molecule has 0 saturated heterocycles. The SMILES string of the molecule is Cc1ccccc1C(CC(=O)NC(C)(C)C)C(=O)O. The summed E-state index contributed by atoms with van der Waals surface area (Å²) in [5, 5.41) is 12.1. The maximum Gasteiger partial charge on any atom is 0.311 e. The molecule has 1 aromatic carbocycles. The number of carbonyl (C=O) groups is 2. The minimum absolute atomic E-state index is 0.0442. The highest BCUT2D eigenvalue weighted by atomic mass is 16.4. The van der Waals surface area contributed by atoms with Crippen LogP contribution in [0.5, 0.6) is 0 Å². The first-order chi connectivity index (χ1) is 8.70. The fourth-order valence-electron chi connectivity index (χ4n) is 1.96. The van der Waals surface area contributed by atoms with Gasteiger partial charge in [0.05, 0.1) is 5.92 Å². The van der Waals surface area contributed by atoms with Crippen molar-refractivity contribution in [3.05, 3.63) is 35.4 Å². The molecule has 0 heterocycles. The summed E-state index contributed by atoms with van der Waals surface area (Å²) in [7, 11) is 0. The van der Waals surface area contributed by atoms with Gasteiger partial charge in [0.2, 0.25) is 5.91 Å². The van der Waals surface area contributed by atoms with E-state index in [9.17, 15) is 14.7 Å². The number of aryl methyl sites for hydroxylation is 1. The van der Waals surface area contributed by atoms with Gasteiger partial charge < -0.3 is 10.4 Å². The van der Waals surface area contributed by atoms with Crippen LogP contribution in [0.15, 0.2) is 24.3 Å². The Bertz CT molecular complexity index is 475. The van der Waals surface area contributed by atoms with E-state index in [1.807, 2.05) is 39.8 Å². The number of hydrogen-bond acceptors (Lipinski definition) is 2. The summed E-state index contributed by atoms with van der Waals surface area (Å²) >= 11 is 0. The predicted octanol–water partition coefficient (Wildman–Crippen LogP) is 2.47. The standard InChI is InChI=1S/C15H21NO3/c1-10-7-5-6-8-11(10)12(14(18)19)9-13(17)16-15(2,3)4/h5-8,12H,9H2,1-4H3,(H,16,17)(H,18,19). The molecule has 1 atom stereocenters. The Balaban J connectivity index is 2.89. The van der Waals surface area contributed by atoms with E-state index in [0.29, 0.717) is 5.56 Å². The number of nitrogens with one attached hydrogen (secondary N) is 1. The summed E-state index contributed by atoms with van der Waals surface area (Å²) in [6.45, 7) is 7.46. The molecule has 1 aromatic rings. The maximum atomic E-state index is 11.9. The Morgan fingerprint density at radius 3 is 2.32 bits per heavy atom. The molecule has 1 rings (SSSR count). The molecule has 2 N–H and O–H groups in total. The number of carboxylic acid groups (broad SMARTS) is 1. The van der Waals surface area contributed by atoms with Gasteiger partial charge in [-0.1, -0.05) is 24.3 Å². The van der Waals surface area contributed by atoms with Crippen molar-refractivity contribution in [2.45, 2.75) is 45.6 Å². The average molecular weight is 263 g/mol. The summed E-state index contributed by atoms with van der Waals surface area (Å²) in [6.07, 6.45) is -0.0442. The molecule has 0 aliphatic carbocycles. The molecule has 0 aromatic heterocycles. The van der Waals surface area contributed by atoms with Crippen molar-refractivity contribution in [3.8, 4) is 0 Å². The van der Waals surface area contributed by atoms with Crippen LogP contribution in [0.3, 0.4) is 0 Å². The largest absolute Gasteiger partial charge is 0.481 e. The molecule has 0 radical (unpaired) electrons. The van der Waals surface area contributed by atoms with E-state index in [2.05, 4.69) is 5.32 Å². The van der Waals surface area contributed by atoms with Crippen LogP contribution >= 0.6 is 0 Å². The quantitative estimate of drug-likeness (QED) is 0.877. The molecular formula is C15H21NO3. The Hall–Kier alpha value is -1.84. The van der Waals surface area contributed by atoms with Crippen molar-refractivity contribution < 1.29 is 14.7 Å². The average Bonchev–Trinajstić information content (AvgIpc) is 2.24. The minimum atomic E-state index is -0.974. The monoisotopic (exact) mass is 263 g/mol. The molecule has 1 unspecified atom stereocenters. The molecule has 4 heteroatoms. The topological polar surface area (TPSA) is 66.4 Å². The normalized spacial score (nSPS) is 12.8. The van der Waals surface area contributed by atoms with Crippen molar-refractivity contribution in [2.75, 3.05) is 0 Å². The Morgan fingerprint density at radius 1 is 1.26 bits per heavy atom. The fourth-order valence-corrected chi connectivity index (χ4v) is 1.96. The molecular weight excluding hydrogens is 242 g/mol. The second kappa shape index (κ2) is 5.87. The van der Waals surface area contributed by atoms with E-state index >= 15 is 0 Å². The fraction of sp³-hybridized carbons (Fsp3) is 0.467. The van der Waals surface area contributed by atoms with Crippen LogP contribution in [-0.4, -0.2) is 22.5 Å². The van der Waals surface area contributed by atoms with Gasteiger partial charge in [0, 0.05) is 12.0 Å². The van der Waals surface area contributed by atoms with Gasteiger partial charge >= 0.3 is 5.97 Å². The Labute approximate surface area is 113 Å². The molecule has 0 spiro atoms. The van der Waals surface area contributed by atoms with E-state index in [4.69, 9.17) is 0 Å². The van der Waals surface area contributed by atoms with Crippen LogP contribution in [0.4, 0.5) is 0 Å². The van der Waals surface area contributed by atoms with Crippen molar-refractivity contribution in [3.63, 3.8) is 0 Å². The highest BCUT2D eigenvalue weighted by molar-refractivity contribution is 5.86. The van der Waals surface area contributed by atoms with Gasteiger partial charge in [-0.15, -0.1) is 0 Å². The second-order valence-corrected chi connectivity index (χ2v) is 5.75. The highest BCUT2D eigenvalue weighted by Gasteiger charge is 2.26. The zero-order chi connectivity index (χ0) is 14.6. The third kappa shape index (κ3) is 4.73. The Kier molecular flexibility index (Phi) is 4.70. The number of carbonyl (C=O) groups excluding carboxylic acids is 1. The van der Waals surface area contributed by atoms with E-state index in [0.717, 1.165) is 5.56 Å². The van der Waals surface area contributed by atoms with E-state index in [1.54, 1.807) is 12.1 Å². The highest BCUT2D eigenvalue weighted by Crippen LogP contribution is 2.23. The first-order valence-electron chi connectivity index (χ1n) is 6.30. The van der Waals surface area contributed by atoms with Crippen molar-refractivity contribution in [1.29, 1.82) is 0 Å². The molecule has 19 heavy (non-hydrogen) atoms. The lowest BCUT2D eigenvalue weighted by atomic mass is 9.91. The van der Waals surface area contributed by atoms with E-state index < -0.39 is 11.9 Å². The third-order valence-electron chi connectivity index (χ3n) is 2.77. The lowest BCUT2D eigenvalue weighted by molar-refractivity contribution is -0.141. The van der Waals surface area contributed by atoms with Gasteiger partial charge in [0.1, 0.15) is 0 Å². The molecule has 0 aliphatic heterocycles. The van der Waals surface area contributed by atoms with E-state index in [1.165, 1.54) is 0 Å².